The Balaban J connectivity index is 1.88. The van der Waals surface area contributed by atoms with Crippen molar-refractivity contribution in [2.24, 2.45) is 0 Å². The molecule has 1 aromatic carbocycles. The van der Waals surface area contributed by atoms with Crippen molar-refractivity contribution < 1.29 is 4.79 Å². The van der Waals surface area contributed by atoms with Crippen LogP contribution in [0.25, 0.3) is 0 Å². The quantitative estimate of drug-likeness (QED) is 0.708. The van der Waals surface area contributed by atoms with Crippen LogP contribution in [0.3, 0.4) is 0 Å². The van der Waals surface area contributed by atoms with Gasteiger partial charge in [-0.1, -0.05) is 17.7 Å². The summed E-state index contributed by atoms with van der Waals surface area (Å²) in [6, 6.07) is 9.07. The molecule has 2 saturated heterocycles. The first-order valence-electron chi connectivity index (χ1n) is 5.77. The van der Waals surface area contributed by atoms with E-state index in [0.29, 0.717) is 6.04 Å². The highest BCUT2D eigenvalue weighted by molar-refractivity contribution is 5.89. The van der Waals surface area contributed by atoms with E-state index in [1.165, 1.54) is 11.3 Å². The third-order valence-electron chi connectivity index (χ3n) is 3.70. The zero-order chi connectivity index (χ0) is 11.3. The summed E-state index contributed by atoms with van der Waals surface area (Å²) < 4.78 is 0. The minimum absolute atomic E-state index is 0.0893. The topological polar surface area (TPSA) is 23.6 Å². The number of carbonyl (C=O) groups is 1. The molecule has 3 heteroatoms. The number of likely N-dealkylation sites (N-methyl/N-ethyl adjacent to an activating group) is 1. The number of amides is 1. The first-order chi connectivity index (χ1) is 7.66. The van der Waals surface area contributed by atoms with Crippen LogP contribution in [0.15, 0.2) is 24.3 Å². The van der Waals surface area contributed by atoms with Crippen LogP contribution in [0.1, 0.15) is 12.0 Å². The lowest BCUT2D eigenvalue weighted by Gasteiger charge is -2.55. The Labute approximate surface area is 95.7 Å². The maximum atomic E-state index is 11.9. The van der Waals surface area contributed by atoms with Crippen LogP contribution in [0.2, 0.25) is 0 Å². The van der Waals surface area contributed by atoms with E-state index in [0.717, 1.165) is 13.0 Å². The van der Waals surface area contributed by atoms with Crippen LogP contribution in [0, 0.1) is 6.92 Å². The fourth-order valence-electron chi connectivity index (χ4n) is 2.75. The number of nitrogens with zero attached hydrogens (tertiary/aromatic N) is 2. The number of hydrogen-bond acceptors (Lipinski definition) is 2. The highest BCUT2D eigenvalue weighted by Gasteiger charge is 2.49. The molecule has 0 N–H and O–H groups in total. The van der Waals surface area contributed by atoms with Crippen molar-refractivity contribution in [3.8, 4) is 0 Å². The van der Waals surface area contributed by atoms with Crippen LogP contribution in [0.5, 0.6) is 0 Å². The molecule has 2 heterocycles. The highest BCUT2D eigenvalue weighted by atomic mass is 16.2. The van der Waals surface area contributed by atoms with Crippen molar-refractivity contribution in [3.05, 3.63) is 29.8 Å². The first-order valence-corrected chi connectivity index (χ1v) is 5.77. The SMILES string of the molecule is Cc1ccc(N2C3CC2C(=O)N(C)C3)cc1. The minimum Gasteiger partial charge on any atom is -0.355 e. The summed E-state index contributed by atoms with van der Waals surface area (Å²) in [6.45, 7) is 2.95. The molecular weight excluding hydrogens is 200 g/mol. The molecule has 0 saturated carbocycles. The molecule has 16 heavy (non-hydrogen) atoms. The largest absolute Gasteiger partial charge is 0.355 e. The summed E-state index contributed by atoms with van der Waals surface area (Å²) in [4.78, 5) is 16.0. The second-order valence-electron chi connectivity index (χ2n) is 4.87. The Morgan fingerprint density at radius 3 is 2.56 bits per heavy atom. The van der Waals surface area contributed by atoms with Gasteiger partial charge >= 0.3 is 0 Å². The van der Waals surface area contributed by atoms with E-state index in [1.54, 1.807) is 0 Å². The van der Waals surface area contributed by atoms with Crippen LogP contribution in [0.4, 0.5) is 5.69 Å². The highest BCUT2D eigenvalue weighted by Crippen LogP contribution is 2.37. The third kappa shape index (κ3) is 1.24. The molecule has 0 aliphatic carbocycles. The molecule has 3 nitrogen and oxygen atoms in total. The molecule has 1 amide bonds. The number of piperazine rings is 1. The van der Waals surface area contributed by atoms with Gasteiger partial charge in [-0.05, 0) is 25.5 Å². The van der Waals surface area contributed by atoms with Gasteiger partial charge in [-0.15, -0.1) is 0 Å². The smallest absolute Gasteiger partial charge is 0.245 e. The lowest BCUT2D eigenvalue weighted by Crippen LogP contribution is -2.71. The molecule has 2 aliphatic heterocycles. The monoisotopic (exact) mass is 216 g/mol. The number of rotatable bonds is 1. The number of aryl methyl sites for hydroxylation is 1. The van der Waals surface area contributed by atoms with Gasteiger partial charge in [-0.2, -0.15) is 0 Å². The molecule has 0 spiro atoms. The maximum Gasteiger partial charge on any atom is 0.245 e. The van der Waals surface area contributed by atoms with E-state index >= 15 is 0 Å². The van der Waals surface area contributed by atoms with Crippen LogP contribution < -0.4 is 4.90 Å². The van der Waals surface area contributed by atoms with E-state index in [9.17, 15) is 4.79 Å². The summed E-state index contributed by atoms with van der Waals surface area (Å²) in [5, 5.41) is 0. The van der Waals surface area contributed by atoms with Gasteiger partial charge in [0.2, 0.25) is 5.91 Å². The van der Waals surface area contributed by atoms with E-state index in [2.05, 4.69) is 36.1 Å². The Morgan fingerprint density at radius 1 is 1.25 bits per heavy atom. The van der Waals surface area contributed by atoms with Gasteiger partial charge < -0.3 is 9.80 Å². The fourth-order valence-corrected chi connectivity index (χ4v) is 2.75. The summed E-state index contributed by atoms with van der Waals surface area (Å²) in [5.41, 5.74) is 2.45. The average Bonchev–Trinajstić information content (AvgIpc) is 2.24. The zero-order valence-corrected chi connectivity index (χ0v) is 9.68. The molecule has 0 aromatic heterocycles. The number of fused-ring (bicyclic) bond motifs is 2. The standard InChI is InChI=1S/C13H16N2O/c1-9-3-5-10(6-4-9)15-11-7-12(15)13(16)14(2)8-11/h3-6,11-12H,7-8H2,1-2H3. The van der Waals surface area contributed by atoms with Crippen molar-refractivity contribution in [2.45, 2.75) is 25.4 Å². The maximum absolute atomic E-state index is 11.9. The Bertz CT molecular complexity index is 426. The van der Waals surface area contributed by atoms with E-state index in [4.69, 9.17) is 0 Å². The van der Waals surface area contributed by atoms with Gasteiger partial charge in [-0.25, -0.2) is 0 Å². The molecule has 2 aliphatic rings. The number of benzene rings is 1. The molecule has 2 unspecified atom stereocenters. The van der Waals surface area contributed by atoms with Crippen molar-refractivity contribution in [1.82, 2.24) is 4.90 Å². The Morgan fingerprint density at radius 2 is 1.94 bits per heavy atom. The fraction of sp³-hybridized carbons (Fsp3) is 0.462. The number of carbonyl (C=O) groups excluding carboxylic acids is 1. The van der Waals surface area contributed by atoms with Crippen molar-refractivity contribution in [2.75, 3.05) is 18.5 Å². The molecule has 0 radical (unpaired) electrons. The Hall–Kier alpha value is -1.51. The summed E-state index contributed by atoms with van der Waals surface area (Å²) in [7, 11) is 1.90. The van der Waals surface area contributed by atoms with Gasteiger partial charge in [0.1, 0.15) is 6.04 Å². The summed E-state index contributed by atoms with van der Waals surface area (Å²) in [5.74, 6) is 0.267. The molecule has 84 valence electrons. The van der Waals surface area contributed by atoms with Gasteiger partial charge in [0.05, 0.1) is 0 Å². The van der Waals surface area contributed by atoms with E-state index < -0.39 is 0 Å². The lowest BCUT2D eigenvalue weighted by atomic mass is 9.86. The normalized spacial score (nSPS) is 28.0. The van der Waals surface area contributed by atoms with Gasteiger partial charge in [-0.3, -0.25) is 4.79 Å². The summed E-state index contributed by atoms with van der Waals surface area (Å²) >= 11 is 0. The minimum atomic E-state index is 0.0893. The van der Waals surface area contributed by atoms with Crippen molar-refractivity contribution in [3.63, 3.8) is 0 Å². The first kappa shape index (κ1) is 9.70. The lowest BCUT2D eigenvalue weighted by molar-refractivity contribution is -0.138. The molecule has 2 bridgehead atoms. The Kier molecular flexibility index (Phi) is 1.96. The number of hydrogen-bond donors (Lipinski definition) is 0. The summed E-state index contributed by atoms with van der Waals surface area (Å²) in [6.07, 6.45) is 1.02. The van der Waals surface area contributed by atoms with Crippen LogP contribution >= 0.6 is 0 Å². The predicted molar refractivity (Wildman–Crippen MR) is 63.5 cm³/mol. The van der Waals surface area contributed by atoms with Crippen molar-refractivity contribution in [1.29, 1.82) is 0 Å². The van der Waals surface area contributed by atoms with Crippen LogP contribution in [-0.4, -0.2) is 36.5 Å². The third-order valence-corrected chi connectivity index (χ3v) is 3.70. The zero-order valence-electron chi connectivity index (χ0n) is 9.68. The predicted octanol–water partition coefficient (Wildman–Crippen LogP) is 1.41. The van der Waals surface area contributed by atoms with E-state index in [1.807, 2.05) is 11.9 Å². The second kappa shape index (κ2) is 3.24. The van der Waals surface area contributed by atoms with Gasteiger partial charge in [0, 0.05) is 25.3 Å². The number of likely N-dealkylation sites (tertiary alicyclic amines) is 1. The average molecular weight is 216 g/mol. The number of piperidine rings is 1. The second-order valence-corrected chi connectivity index (χ2v) is 4.87. The van der Waals surface area contributed by atoms with E-state index in [-0.39, 0.29) is 11.9 Å². The van der Waals surface area contributed by atoms with Crippen LogP contribution in [-0.2, 0) is 4.79 Å². The molecule has 2 fully saturated rings. The molecule has 3 rings (SSSR count). The van der Waals surface area contributed by atoms with Crippen molar-refractivity contribution >= 4 is 11.6 Å². The molecular formula is C13H16N2O. The molecule has 2 atom stereocenters. The number of anilines is 1. The van der Waals surface area contributed by atoms with Gasteiger partial charge in [0.25, 0.3) is 0 Å². The van der Waals surface area contributed by atoms with Gasteiger partial charge in [0.15, 0.2) is 0 Å². The molecule has 1 aromatic rings.